The average Bonchev–Trinajstić information content (AvgIpc) is 2.82. The number of rotatable bonds is 7. The van der Waals surface area contributed by atoms with E-state index in [1.165, 1.54) is 0 Å². The Labute approximate surface area is 107 Å². The fraction of sp³-hybridized carbons (Fsp3) is 0.750. The minimum Gasteiger partial charge on any atom is -0.396 e. The van der Waals surface area contributed by atoms with E-state index in [1.807, 2.05) is 6.92 Å². The molecule has 6 nitrogen and oxygen atoms in total. The molecule has 1 aromatic heterocycles. The number of aliphatic hydroxyl groups excluding tert-OH is 1. The van der Waals surface area contributed by atoms with E-state index in [-0.39, 0.29) is 23.8 Å². The van der Waals surface area contributed by atoms with Crippen molar-refractivity contribution in [3.63, 3.8) is 0 Å². The summed E-state index contributed by atoms with van der Waals surface area (Å²) in [4.78, 5) is 15.9. The normalized spacial score (nSPS) is 11.6. The summed E-state index contributed by atoms with van der Waals surface area (Å²) < 4.78 is 0. The third-order valence-corrected chi connectivity index (χ3v) is 2.81. The standard InChI is InChI=1S/C12H22N4O2/c1-4-9-14-10(16-15-9)11(18)13-8-12(2,3)6-5-7-17/h17H,4-8H2,1-3H3,(H,13,18)(H,14,15,16). The highest BCUT2D eigenvalue weighted by molar-refractivity contribution is 5.90. The number of nitrogens with one attached hydrogen (secondary N) is 2. The van der Waals surface area contributed by atoms with E-state index in [1.54, 1.807) is 0 Å². The van der Waals surface area contributed by atoms with Gasteiger partial charge in [0.25, 0.3) is 5.91 Å². The summed E-state index contributed by atoms with van der Waals surface area (Å²) in [7, 11) is 0. The van der Waals surface area contributed by atoms with Crippen LogP contribution in [0.1, 0.15) is 50.1 Å². The predicted octanol–water partition coefficient (Wildman–Crippen LogP) is 0.896. The van der Waals surface area contributed by atoms with Crippen LogP contribution in [0.2, 0.25) is 0 Å². The van der Waals surface area contributed by atoms with Crippen LogP contribution < -0.4 is 5.32 Å². The molecule has 0 aliphatic carbocycles. The molecule has 0 fully saturated rings. The molecule has 0 aliphatic rings. The van der Waals surface area contributed by atoms with Crippen LogP contribution in [-0.2, 0) is 6.42 Å². The molecule has 0 atom stereocenters. The zero-order chi connectivity index (χ0) is 13.6. The van der Waals surface area contributed by atoms with Crippen molar-refractivity contribution in [2.75, 3.05) is 13.2 Å². The van der Waals surface area contributed by atoms with E-state index in [4.69, 9.17) is 5.11 Å². The van der Waals surface area contributed by atoms with Crippen molar-refractivity contribution in [1.82, 2.24) is 20.5 Å². The van der Waals surface area contributed by atoms with Crippen molar-refractivity contribution < 1.29 is 9.90 Å². The van der Waals surface area contributed by atoms with Crippen LogP contribution in [0, 0.1) is 5.41 Å². The van der Waals surface area contributed by atoms with Crippen LogP contribution in [0.15, 0.2) is 0 Å². The van der Waals surface area contributed by atoms with Crippen LogP contribution >= 0.6 is 0 Å². The van der Waals surface area contributed by atoms with Gasteiger partial charge in [-0.15, -0.1) is 5.10 Å². The van der Waals surface area contributed by atoms with Gasteiger partial charge in [0.2, 0.25) is 5.82 Å². The van der Waals surface area contributed by atoms with Crippen molar-refractivity contribution >= 4 is 5.91 Å². The van der Waals surface area contributed by atoms with Crippen molar-refractivity contribution in [1.29, 1.82) is 0 Å². The zero-order valence-electron chi connectivity index (χ0n) is 11.3. The van der Waals surface area contributed by atoms with E-state index in [0.717, 1.165) is 19.3 Å². The van der Waals surface area contributed by atoms with Crippen LogP contribution in [0.4, 0.5) is 0 Å². The molecule has 0 radical (unpaired) electrons. The van der Waals surface area contributed by atoms with Gasteiger partial charge in [0.05, 0.1) is 0 Å². The van der Waals surface area contributed by atoms with Crippen molar-refractivity contribution in [3.8, 4) is 0 Å². The summed E-state index contributed by atoms with van der Waals surface area (Å²) in [6.45, 7) is 6.77. The fourth-order valence-corrected chi connectivity index (χ4v) is 1.60. The number of aromatic amines is 1. The first-order valence-electron chi connectivity index (χ1n) is 6.29. The number of hydrogen-bond acceptors (Lipinski definition) is 4. The third kappa shape index (κ3) is 4.44. The number of hydrogen-bond donors (Lipinski definition) is 3. The highest BCUT2D eigenvalue weighted by atomic mass is 16.2. The first-order chi connectivity index (χ1) is 8.48. The summed E-state index contributed by atoms with van der Waals surface area (Å²) in [6, 6.07) is 0. The lowest BCUT2D eigenvalue weighted by Crippen LogP contribution is -2.34. The topological polar surface area (TPSA) is 90.9 Å². The Morgan fingerprint density at radius 3 is 2.78 bits per heavy atom. The van der Waals surface area contributed by atoms with Gasteiger partial charge in [-0.25, -0.2) is 4.98 Å². The summed E-state index contributed by atoms with van der Waals surface area (Å²) in [5, 5.41) is 18.2. The van der Waals surface area contributed by atoms with Crippen molar-refractivity contribution in [3.05, 3.63) is 11.6 Å². The molecule has 0 bridgehead atoms. The number of aliphatic hydroxyl groups is 1. The SMILES string of the molecule is CCc1nc(C(=O)NCC(C)(C)CCCO)n[nH]1. The number of aryl methyl sites for hydroxylation is 1. The second-order valence-corrected chi connectivity index (χ2v) is 5.13. The van der Waals surface area contributed by atoms with Gasteiger partial charge in [0.1, 0.15) is 5.82 Å². The molecule has 1 rings (SSSR count). The van der Waals surface area contributed by atoms with Gasteiger partial charge >= 0.3 is 0 Å². The summed E-state index contributed by atoms with van der Waals surface area (Å²) >= 11 is 0. The molecule has 0 spiro atoms. The number of H-pyrrole nitrogens is 1. The Morgan fingerprint density at radius 2 is 2.22 bits per heavy atom. The molecule has 0 aromatic carbocycles. The maximum absolute atomic E-state index is 11.8. The number of nitrogens with zero attached hydrogens (tertiary/aromatic N) is 2. The summed E-state index contributed by atoms with van der Waals surface area (Å²) in [5.41, 5.74) is -0.0394. The molecule has 1 heterocycles. The average molecular weight is 254 g/mol. The maximum atomic E-state index is 11.8. The van der Waals surface area contributed by atoms with E-state index in [2.05, 4.69) is 34.3 Å². The van der Waals surface area contributed by atoms with Gasteiger partial charge in [0, 0.05) is 19.6 Å². The molecular weight excluding hydrogens is 232 g/mol. The van der Waals surface area contributed by atoms with E-state index >= 15 is 0 Å². The molecule has 18 heavy (non-hydrogen) atoms. The smallest absolute Gasteiger partial charge is 0.290 e. The lowest BCUT2D eigenvalue weighted by Gasteiger charge is -2.24. The molecule has 6 heteroatoms. The molecule has 0 saturated carbocycles. The molecule has 102 valence electrons. The molecule has 1 amide bonds. The number of aromatic nitrogens is 3. The van der Waals surface area contributed by atoms with Gasteiger partial charge in [-0.3, -0.25) is 9.89 Å². The van der Waals surface area contributed by atoms with Gasteiger partial charge in [-0.2, -0.15) is 0 Å². The molecule has 3 N–H and O–H groups in total. The Bertz CT molecular complexity index is 387. The molecule has 0 aliphatic heterocycles. The van der Waals surface area contributed by atoms with Crippen LogP contribution in [-0.4, -0.2) is 39.3 Å². The highest BCUT2D eigenvalue weighted by Crippen LogP contribution is 2.20. The molecular formula is C12H22N4O2. The molecule has 1 aromatic rings. The molecule has 0 unspecified atom stereocenters. The first kappa shape index (κ1) is 14.6. The lowest BCUT2D eigenvalue weighted by atomic mass is 9.88. The monoisotopic (exact) mass is 254 g/mol. The number of carbonyl (C=O) groups excluding carboxylic acids is 1. The van der Waals surface area contributed by atoms with E-state index in [0.29, 0.717) is 12.4 Å². The van der Waals surface area contributed by atoms with Crippen LogP contribution in [0.3, 0.4) is 0 Å². The minimum absolute atomic E-state index is 0.0394. The van der Waals surface area contributed by atoms with E-state index in [9.17, 15) is 4.79 Å². The largest absolute Gasteiger partial charge is 0.396 e. The predicted molar refractivity (Wildman–Crippen MR) is 68.2 cm³/mol. The number of amides is 1. The van der Waals surface area contributed by atoms with E-state index < -0.39 is 0 Å². The minimum atomic E-state index is -0.261. The Kier molecular flexibility index (Phi) is 5.27. The quantitative estimate of drug-likeness (QED) is 0.674. The molecule has 0 saturated heterocycles. The van der Waals surface area contributed by atoms with Gasteiger partial charge < -0.3 is 10.4 Å². The zero-order valence-corrected chi connectivity index (χ0v) is 11.3. The Hall–Kier alpha value is -1.43. The van der Waals surface area contributed by atoms with Crippen LogP contribution in [0.5, 0.6) is 0 Å². The second kappa shape index (κ2) is 6.49. The lowest BCUT2D eigenvalue weighted by molar-refractivity contribution is 0.0923. The second-order valence-electron chi connectivity index (χ2n) is 5.13. The summed E-state index contributed by atoms with van der Waals surface area (Å²) in [5.74, 6) is 0.632. The van der Waals surface area contributed by atoms with Crippen molar-refractivity contribution in [2.45, 2.75) is 40.0 Å². The van der Waals surface area contributed by atoms with Crippen molar-refractivity contribution in [2.24, 2.45) is 5.41 Å². The highest BCUT2D eigenvalue weighted by Gasteiger charge is 2.20. The summed E-state index contributed by atoms with van der Waals surface area (Å²) in [6.07, 6.45) is 2.32. The van der Waals surface area contributed by atoms with Gasteiger partial charge in [-0.05, 0) is 18.3 Å². The Balaban J connectivity index is 2.45. The maximum Gasteiger partial charge on any atom is 0.290 e. The Morgan fingerprint density at radius 1 is 1.50 bits per heavy atom. The third-order valence-electron chi connectivity index (χ3n) is 2.81. The fourth-order valence-electron chi connectivity index (χ4n) is 1.60. The van der Waals surface area contributed by atoms with Gasteiger partial charge in [0.15, 0.2) is 0 Å². The van der Waals surface area contributed by atoms with Crippen LogP contribution in [0.25, 0.3) is 0 Å². The first-order valence-corrected chi connectivity index (χ1v) is 6.29. The van der Waals surface area contributed by atoms with Gasteiger partial charge in [-0.1, -0.05) is 20.8 Å². The number of carbonyl (C=O) groups is 1.